The Kier molecular flexibility index (Phi) is 2.75. The van der Waals surface area contributed by atoms with Gasteiger partial charge in [0.15, 0.2) is 5.69 Å². The van der Waals surface area contributed by atoms with E-state index >= 15 is 0 Å². The van der Waals surface area contributed by atoms with Gasteiger partial charge >= 0.3 is 5.97 Å². The zero-order valence-electron chi connectivity index (χ0n) is 10.7. The Morgan fingerprint density at radius 1 is 1.25 bits per heavy atom. The molecule has 0 aliphatic heterocycles. The highest BCUT2D eigenvalue weighted by atomic mass is 19.1. The van der Waals surface area contributed by atoms with Crippen molar-refractivity contribution in [2.45, 2.75) is 6.92 Å². The molecule has 0 unspecified atom stereocenters. The molecule has 0 bridgehead atoms. The maximum Gasteiger partial charge on any atom is 0.355 e. The fraction of sp³-hybridized carbons (Fsp3) is 0.0667. The topological polar surface area (TPSA) is 54.6 Å². The number of imidazole rings is 1. The first-order valence-corrected chi connectivity index (χ1v) is 6.04. The van der Waals surface area contributed by atoms with Crippen molar-refractivity contribution in [1.82, 2.24) is 9.38 Å². The van der Waals surface area contributed by atoms with Crippen LogP contribution in [0, 0.1) is 12.7 Å². The second kappa shape index (κ2) is 4.45. The predicted molar refractivity (Wildman–Crippen MR) is 72.3 cm³/mol. The van der Waals surface area contributed by atoms with Crippen LogP contribution in [0.15, 0.2) is 42.6 Å². The first kappa shape index (κ1) is 12.3. The van der Waals surface area contributed by atoms with Crippen molar-refractivity contribution < 1.29 is 14.3 Å². The van der Waals surface area contributed by atoms with Crippen LogP contribution in [0.5, 0.6) is 0 Å². The number of carbonyl (C=O) groups is 1. The van der Waals surface area contributed by atoms with E-state index in [0.717, 1.165) is 5.56 Å². The third kappa shape index (κ3) is 1.93. The number of fused-ring (bicyclic) bond motifs is 1. The van der Waals surface area contributed by atoms with Crippen molar-refractivity contribution >= 4 is 11.6 Å². The van der Waals surface area contributed by atoms with Gasteiger partial charge in [0.1, 0.15) is 17.2 Å². The van der Waals surface area contributed by atoms with Crippen LogP contribution in [0.2, 0.25) is 0 Å². The summed E-state index contributed by atoms with van der Waals surface area (Å²) in [6.07, 6.45) is 1.67. The maximum atomic E-state index is 13.0. The van der Waals surface area contributed by atoms with Crippen LogP contribution in [0.25, 0.3) is 16.9 Å². The molecular weight excluding hydrogens is 259 g/mol. The molecule has 0 radical (unpaired) electrons. The Morgan fingerprint density at radius 2 is 1.95 bits per heavy atom. The van der Waals surface area contributed by atoms with Crippen LogP contribution < -0.4 is 0 Å². The van der Waals surface area contributed by atoms with Crippen LogP contribution in [-0.2, 0) is 0 Å². The molecule has 1 aromatic carbocycles. The Labute approximate surface area is 114 Å². The summed E-state index contributed by atoms with van der Waals surface area (Å²) in [6.45, 7) is 1.91. The minimum absolute atomic E-state index is 0.0756. The first-order chi connectivity index (χ1) is 9.56. The van der Waals surface area contributed by atoms with E-state index in [0.29, 0.717) is 16.9 Å². The number of hydrogen-bond donors (Lipinski definition) is 1. The van der Waals surface area contributed by atoms with Gasteiger partial charge in [0.05, 0.1) is 0 Å². The Bertz CT molecular complexity index is 807. The second-order valence-corrected chi connectivity index (χ2v) is 4.55. The fourth-order valence-corrected chi connectivity index (χ4v) is 2.16. The quantitative estimate of drug-likeness (QED) is 0.778. The molecule has 2 aromatic heterocycles. The molecule has 3 aromatic rings. The molecule has 5 heteroatoms. The summed E-state index contributed by atoms with van der Waals surface area (Å²) in [4.78, 5) is 15.8. The molecular formula is C15H11FN2O2. The molecule has 0 aliphatic rings. The zero-order chi connectivity index (χ0) is 14.3. The largest absolute Gasteiger partial charge is 0.476 e. The number of benzene rings is 1. The number of hydrogen-bond acceptors (Lipinski definition) is 2. The monoisotopic (exact) mass is 270 g/mol. The average molecular weight is 270 g/mol. The van der Waals surface area contributed by atoms with Crippen LogP contribution >= 0.6 is 0 Å². The minimum atomic E-state index is -1.07. The van der Waals surface area contributed by atoms with E-state index in [1.54, 1.807) is 12.3 Å². The van der Waals surface area contributed by atoms with Crippen LogP contribution in [0.3, 0.4) is 0 Å². The second-order valence-electron chi connectivity index (χ2n) is 4.55. The van der Waals surface area contributed by atoms with Crippen LogP contribution in [0.1, 0.15) is 16.1 Å². The number of rotatable bonds is 2. The summed E-state index contributed by atoms with van der Waals surface area (Å²) < 4.78 is 14.5. The Balaban J connectivity index is 2.31. The van der Waals surface area contributed by atoms with Crippen molar-refractivity contribution in [2.24, 2.45) is 0 Å². The summed E-state index contributed by atoms with van der Waals surface area (Å²) in [6, 6.07) is 9.24. The van der Waals surface area contributed by atoms with Crippen LogP contribution in [0.4, 0.5) is 4.39 Å². The Hall–Kier alpha value is -2.69. The summed E-state index contributed by atoms with van der Waals surface area (Å²) in [5.74, 6) is -1.44. The average Bonchev–Trinajstić information content (AvgIpc) is 2.77. The summed E-state index contributed by atoms with van der Waals surface area (Å²) in [5.41, 5.74) is 2.53. The highest BCUT2D eigenvalue weighted by molar-refractivity contribution is 5.94. The lowest BCUT2D eigenvalue weighted by Gasteiger charge is -2.00. The van der Waals surface area contributed by atoms with Gasteiger partial charge in [0, 0.05) is 11.8 Å². The van der Waals surface area contributed by atoms with Crippen molar-refractivity contribution in [1.29, 1.82) is 0 Å². The highest BCUT2D eigenvalue weighted by Gasteiger charge is 2.19. The number of aromatic carboxylic acids is 1. The van der Waals surface area contributed by atoms with Crippen molar-refractivity contribution in [2.75, 3.05) is 0 Å². The lowest BCUT2D eigenvalue weighted by atomic mass is 10.1. The molecule has 3 rings (SSSR count). The van der Waals surface area contributed by atoms with Gasteiger partial charge < -0.3 is 5.11 Å². The fourth-order valence-electron chi connectivity index (χ4n) is 2.16. The number of pyridine rings is 1. The Morgan fingerprint density at radius 3 is 2.60 bits per heavy atom. The molecule has 2 heterocycles. The van der Waals surface area contributed by atoms with Crippen LogP contribution in [-0.4, -0.2) is 20.5 Å². The zero-order valence-corrected chi connectivity index (χ0v) is 10.7. The van der Waals surface area contributed by atoms with E-state index in [1.165, 1.54) is 28.7 Å². The molecule has 20 heavy (non-hydrogen) atoms. The van der Waals surface area contributed by atoms with E-state index in [9.17, 15) is 14.3 Å². The van der Waals surface area contributed by atoms with E-state index in [4.69, 9.17) is 0 Å². The van der Waals surface area contributed by atoms with Crippen molar-refractivity contribution in [3.8, 4) is 11.3 Å². The molecule has 0 saturated heterocycles. The number of carboxylic acids is 1. The lowest BCUT2D eigenvalue weighted by molar-refractivity contribution is 0.0690. The summed E-state index contributed by atoms with van der Waals surface area (Å²) in [5, 5.41) is 9.40. The standard InChI is InChI=1S/C15H11FN2O2/c1-9-6-7-18-12(8-9)17-13(14(18)15(19)20)10-2-4-11(16)5-3-10/h2-8H,1H3,(H,19,20). The number of aryl methyl sites for hydroxylation is 1. The number of nitrogens with zero attached hydrogens (tertiary/aromatic N) is 2. The van der Waals surface area contributed by atoms with Gasteiger partial charge in [-0.15, -0.1) is 0 Å². The summed E-state index contributed by atoms with van der Waals surface area (Å²) in [7, 11) is 0. The molecule has 0 saturated carbocycles. The minimum Gasteiger partial charge on any atom is -0.476 e. The normalized spacial score (nSPS) is 10.9. The molecule has 0 spiro atoms. The number of carboxylic acid groups (broad SMARTS) is 1. The van der Waals surface area contributed by atoms with E-state index < -0.39 is 5.97 Å². The van der Waals surface area contributed by atoms with E-state index in [-0.39, 0.29) is 11.5 Å². The molecule has 4 nitrogen and oxygen atoms in total. The highest BCUT2D eigenvalue weighted by Crippen LogP contribution is 2.25. The first-order valence-electron chi connectivity index (χ1n) is 6.04. The van der Waals surface area contributed by atoms with Gasteiger partial charge in [0.25, 0.3) is 0 Å². The summed E-state index contributed by atoms with van der Waals surface area (Å²) >= 11 is 0. The SMILES string of the molecule is Cc1ccn2c(C(=O)O)c(-c3ccc(F)cc3)nc2c1. The number of halogens is 1. The van der Waals surface area contributed by atoms with Gasteiger partial charge in [-0.1, -0.05) is 0 Å². The van der Waals surface area contributed by atoms with Crippen molar-refractivity contribution in [3.05, 3.63) is 59.7 Å². The van der Waals surface area contributed by atoms with Crippen molar-refractivity contribution in [3.63, 3.8) is 0 Å². The number of aromatic nitrogens is 2. The third-order valence-corrected chi connectivity index (χ3v) is 3.10. The molecule has 1 N–H and O–H groups in total. The van der Waals surface area contributed by atoms with E-state index in [2.05, 4.69) is 4.98 Å². The molecule has 100 valence electrons. The molecule has 0 atom stereocenters. The van der Waals surface area contributed by atoms with E-state index in [1.807, 2.05) is 13.0 Å². The maximum absolute atomic E-state index is 13.0. The molecule has 0 amide bonds. The molecule has 0 aliphatic carbocycles. The van der Waals surface area contributed by atoms with Gasteiger partial charge in [-0.2, -0.15) is 0 Å². The smallest absolute Gasteiger partial charge is 0.355 e. The predicted octanol–water partition coefficient (Wildman–Crippen LogP) is 3.15. The van der Waals surface area contributed by atoms with Gasteiger partial charge in [-0.25, -0.2) is 14.2 Å². The van der Waals surface area contributed by atoms with Gasteiger partial charge in [-0.3, -0.25) is 4.40 Å². The van der Waals surface area contributed by atoms with Gasteiger partial charge in [0.2, 0.25) is 0 Å². The lowest BCUT2D eigenvalue weighted by Crippen LogP contribution is -2.03. The molecule has 0 fully saturated rings. The van der Waals surface area contributed by atoms with Gasteiger partial charge in [-0.05, 0) is 48.9 Å². The third-order valence-electron chi connectivity index (χ3n) is 3.10.